The summed E-state index contributed by atoms with van der Waals surface area (Å²) in [6.45, 7) is 2.14. The first kappa shape index (κ1) is 31.6. The molecule has 1 heterocycles. The van der Waals surface area contributed by atoms with Crippen LogP contribution in [0.1, 0.15) is 72.9 Å². The van der Waals surface area contributed by atoms with Crippen LogP contribution in [-0.2, 0) is 35.6 Å². The molecule has 240 valence electrons. The van der Waals surface area contributed by atoms with Gasteiger partial charge in [-0.3, -0.25) is 4.18 Å². The molecule has 6 atom stereocenters. The van der Waals surface area contributed by atoms with Crippen molar-refractivity contribution < 1.29 is 31.6 Å². The van der Waals surface area contributed by atoms with E-state index in [1.165, 1.54) is 18.2 Å². The fourth-order valence-electron chi connectivity index (χ4n) is 8.43. The van der Waals surface area contributed by atoms with Gasteiger partial charge in [-0.05, 0) is 111 Å². The maximum atomic E-state index is 12.6. The van der Waals surface area contributed by atoms with Crippen LogP contribution in [0.15, 0.2) is 36.4 Å². The molecule has 10 heteroatoms. The third kappa shape index (κ3) is 6.48. The minimum absolute atomic E-state index is 0.0373. The molecule has 2 aromatic rings. The molecule has 0 aromatic heterocycles. The summed E-state index contributed by atoms with van der Waals surface area (Å²) < 4.78 is 47.0. The topological polar surface area (TPSA) is 91.4 Å². The van der Waals surface area contributed by atoms with Crippen LogP contribution >= 0.6 is 11.6 Å². The maximum Gasteiger partial charge on any atom is 0.337 e. The van der Waals surface area contributed by atoms with E-state index in [0.29, 0.717) is 30.4 Å². The van der Waals surface area contributed by atoms with Crippen molar-refractivity contribution in [2.45, 2.75) is 75.4 Å². The number of benzene rings is 2. The summed E-state index contributed by atoms with van der Waals surface area (Å²) in [6.07, 6.45) is 9.51. The van der Waals surface area contributed by atoms with Crippen LogP contribution in [0.2, 0.25) is 5.02 Å². The molecular formula is C34H44ClNO7S. The zero-order valence-electron chi connectivity index (χ0n) is 25.9. The van der Waals surface area contributed by atoms with Crippen molar-refractivity contribution >= 4 is 33.4 Å². The molecule has 0 N–H and O–H groups in total. The van der Waals surface area contributed by atoms with Gasteiger partial charge in [0, 0.05) is 30.6 Å². The van der Waals surface area contributed by atoms with Crippen molar-refractivity contribution in [3.8, 4) is 5.75 Å². The number of carbonyl (C=O) groups is 1. The monoisotopic (exact) mass is 645 g/mol. The summed E-state index contributed by atoms with van der Waals surface area (Å²) >= 11 is 6.42. The number of halogens is 1. The van der Waals surface area contributed by atoms with E-state index in [1.54, 1.807) is 13.2 Å². The summed E-state index contributed by atoms with van der Waals surface area (Å²) in [5.74, 6) is 1.40. The lowest BCUT2D eigenvalue weighted by molar-refractivity contribution is -0.0693. The van der Waals surface area contributed by atoms with Gasteiger partial charge in [0.25, 0.3) is 10.1 Å². The third-order valence-corrected chi connectivity index (χ3v) is 11.4. The van der Waals surface area contributed by atoms with Crippen LogP contribution in [0.4, 0.5) is 5.69 Å². The van der Waals surface area contributed by atoms with Gasteiger partial charge >= 0.3 is 5.97 Å². The number of hydrogen-bond acceptors (Lipinski definition) is 8. The van der Waals surface area contributed by atoms with E-state index < -0.39 is 10.1 Å². The van der Waals surface area contributed by atoms with Crippen LogP contribution in [0.5, 0.6) is 5.75 Å². The molecule has 0 saturated heterocycles. The Morgan fingerprint density at radius 3 is 2.68 bits per heavy atom. The van der Waals surface area contributed by atoms with Crippen LogP contribution in [0.25, 0.3) is 0 Å². The Balaban J connectivity index is 1.29. The van der Waals surface area contributed by atoms with Crippen LogP contribution in [0.3, 0.4) is 0 Å². The Morgan fingerprint density at radius 1 is 1.11 bits per heavy atom. The summed E-state index contributed by atoms with van der Waals surface area (Å²) in [6, 6.07) is 11.9. The van der Waals surface area contributed by atoms with Crippen LogP contribution in [-0.4, -0.2) is 66.8 Å². The van der Waals surface area contributed by atoms with Crippen molar-refractivity contribution in [1.82, 2.24) is 0 Å². The molecule has 44 heavy (non-hydrogen) atoms. The average molecular weight is 646 g/mol. The Bertz CT molecular complexity index is 1480. The second-order valence-electron chi connectivity index (χ2n) is 13.3. The number of esters is 1. The summed E-state index contributed by atoms with van der Waals surface area (Å²) in [5.41, 5.74) is 3.81. The Labute approximate surface area is 266 Å². The highest BCUT2D eigenvalue weighted by Crippen LogP contribution is 2.48. The summed E-state index contributed by atoms with van der Waals surface area (Å²) in [5, 5.41) is 0.757. The smallest absolute Gasteiger partial charge is 0.337 e. The molecule has 8 nitrogen and oxygen atoms in total. The number of methoxy groups -OCH3 is 2. The molecular weight excluding hydrogens is 602 g/mol. The minimum atomic E-state index is -3.50. The molecule has 2 aromatic carbocycles. The van der Waals surface area contributed by atoms with Crippen molar-refractivity contribution in [3.05, 3.63) is 58.1 Å². The Kier molecular flexibility index (Phi) is 9.22. The zero-order chi connectivity index (χ0) is 31.1. The maximum absolute atomic E-state index is 12.6. The van der Waals surface area contributed by atoms with E-state index in [4.69, 9.17) is 30.0 Å². The van der Waals surface area contributed by atoms with Crippen LogP contribution in [0, 0.1) is 17.8 Å². The molecule has 0 radical (unpaired) electrons. The fraction of sp³-hybridized carbons (Fsp3) is 0.618. The van der Waals surface area contributed by atoms with Gasteiger partial charge in [0.2, 0.25) is 0 Å². The number of carbonyl (C=O) groups excluding carboxylic acids is 1. The minimum Gasteiger partial charge on any atom is -0.490 e. The molecule has 2 saturated carbocycles. The molecule has 6 rings (SSSR count). The first-order valence-corrected chi connectivity index (χ1v) is 18.1. The highest BCUT2D eigenvalue weighted by atomic mass is 35.5. The lowest BCUT2D eigenvalue weighted by Gasteiger charge is -2.48. The van der Waals surface area contributed by atoms with Gasteiger partial charge in [-0.1, -0.05) is 24.1 Å². The van der Waals surface area contributed by atoms with Gasteiger partial charge in [0.15, 0.2) is 0 Å². The van der Waals surface area contributed by atoms with Gasteiger partial charge < -0.3 is 19.1 Å². The molecule has 2 unspecified atom stereocenters. The van der Waals surface area contributed by atoms with Gasteiger partial charge in [-0.2, -0.15) is 8.42 Å². The standard InChI is InChI=1S/C34H44ClNO7S/c1-40-32(23-6-4-8-27(17-23)43-44(3,38)39)28-12-9-25(28)19-36-20-34(15-5-7-22-16-26(35)11-13-29(22)34)21-42-31-14-10-24(18-30(31)36)33(37)41-2/h10-11,13-14,16,18,23,25,27-28,32H,4-9,12,15,17,19-21H2,1-3H3/t23-,25-,27+,28+,32?,34?/m0/s1. The summed E-state index contributed by atoms with van der Waals surface area (Å²) in [7, 11) is -0.308. The lowest BCUT2D eigenvalue weighted by atomic mass is 9.65. The zero-order valence-corrected chi connectivity index (χ0v) is 27.5. The number of rotatable bonds is 8. The molecule has 2 fully saturated rings. The number of ether oxygens (including phenoxy) is 3. The lowest BCUT2D eigenvalue weighted by Crippen LogP contribution is -2.51. The van der Waals surface area contributed by atoms with E-state index in [9.17, 15) is 13.2 Å². The molecule has 3 aliphatic carbocycles. The largest absolute Gasteiger partial charge is 0.490 e. The number of aryl methyl sites for hydroxylation is 1. The van der Waals surface area contributed by atoms with Gasteiger partial charge in [-0.15, -0.1) is 0 Å². The summed E-state index contributed by atoms with van der Waals surface area (Å²) in [4.78, 5) is 15.0. The van der Waals surface area contributed by atoms with Gasteiger partial charge in [0.1, 0.15) is 5.75 Å². The number of nitrogens with zero attached hydrogens (tertiary/aromatic N) is 1. The first-order chi connectivity index (χ1) is 21.1. The van der Waals surface area contributed by atoms with Crippen molar-refractivity contribution in [2.24, 2.45) is 17.8 Å². The van der Waals surface area contributed by atoms with Crippen molar-refractivity contribution in [2.75, 3.05) is 45.1 Å². The molecule has 0 bridgehead atoms. The molecule has 1 spiro atoms. The quantitative estimate of drug-likeness (QED) is 0.249. The SMILES string of the molecule is COC(=O)c1ccc2c(c1)N(C[C@@H]1CC[C@H]1C(OC)[C@H]1CCC[C@@H](OS(C)(=O)=O)C1)CC1(CCCc3cc(Cl)ccc31)CO2. The Morgan fingerprint density at radius 2 is 1.95 bits per heavy atom. The van der Waals surface area contributed by atoms with Crippen LogP contribution < -0.4 is 9.64 Å². The first-order valence-electron chi connectivity index (χ1n) is 15.9. The second-order valence-corrected chi connectivity index (χ2v) is 15.4. The van der Waals surface area contributed by atoms with Gasteiger partial charge in [-0.25, -0.2) is 4.79 Å². The molecule has 0 amide bonds. The van der Waals surface area contributed by atoms with E-state index in [2.05, 4.69) is 17.0 Å². The van der Waals surface area contributed by atoms with E-state index in [-0.39, 0.29) is 29.5 Å². The van der Waals surface area contributed by atoms with Gasteiger partial charge in [0.05, 0.1) is 43.4 Å². The normalized spacial score (nSPS) is 29.0. The molecule has 1 aliphatic heterocycles. The second kappa shape index (κ2) is 12.8. The highest BCUT2D eigenvalue weighted by Gasteiger charge is 2.46. The van der Waals surface area contributed by atoms with Crippen molar-refractivity contribution in [1.29, 1.82) is 0 Å². The van der Waals surface area contributed by atoms with E-state index >= 15 is 0 Å². The number of anilines is 1. The third-order valence-electron chi connectivity index (χ3n) is 10.5. The number of fused-ring (bicyclic) bond motifs is 3. The highest BCUT2D eigenvalue weighted by molar-refractivity contribution is 7.86. The number of hydrogen-bond donors (Lipinski definition) is 0. The molecule has 4 aliphatic rings. The predicted octanol–water partition coefficient (Wildman–Crippen LogP) is 6.18. The van der Waals surface area contributed by atoms with E-state index in [0.717, 1.165) is 87.2 Å². The van der Waals surface area contributed by atoms with E-state index in [1.807, 2.05) is 18.2 Å². The predicted molar refractivity (Wildman–Crippen MR) is 170 cm³/mol. The van der Waals surface area contributed by atoms with Crippen molar-refractivity contribution in [3.63, 3.8) is 0 Å². The Hall–Kier alpha value is -2.33. The average Bonchev–Trinajstić information content (AvgIpc) is 3.13. The fourth-order valence-corrected chi connectivity index (χ4v) is 9.29.